The van der Waals surface area contributed by atoms with Gasteiger partial charge in [0.25, 0.3) is 0 Å². The van der Waals surface area contributed by atoms with Crippen molar-refractivity contribution >= 4 is 0 Å². The average Bonchev–Trinajstić information content (AvgIpc) is 3.27. The van der Waals surface area contributed by atoms with E-state index in [1.165, 1.54) is 6.33 Å². The van der Waals surface area contributed by atoms with E-state index in [-0.39, 0.29) is 5.92 Å². The smallest absolute Gasteiger partial charge is 0.137 e. The van der Waals surface area contributed by atoms with E-state index in [4.69, 9.17) is 5.26 Å². The summed E-state index contributed by atoms with van der Waals surface area (Å²) in [5, 5.41) is 32.9. The number of nitriles is 3. The fraction of sp³-hybridized carbons (Fsp3) is 0.227. The molecule has 134 valence electrons. The van der Waals surface area contributed by atoms with Gasteiger partial charge in [0.05, 0.1) is 41.3 Å². The second-order valence-electron chi connectivity index (χ2n) is 6.97. The van der Waals surface area contributed by atoms with E-state index in [0.29, 0.717) is 30.5 Å². The predicted molar refractivity (Wildman–Crippen MR) is 101 cm³/mol. The highest BCUT2D eigenvalue weighted by atomic mass is 15.3. The molecule has 0 aliphatic heterocycles. The number of nitrogens with zero attached hydrogens (tertiary/aromatic N) is 6. The molecule has 0 radical (unpaired) electrons. The number of benzene rings is 2. The number of rotatable bonds is 3. The van der Waals surface area contributed by atoms with Crippen LogP contribution >= 0.6 is 0 Å². The molecule has 2 atom stereocenters. The Hall–Kier alpha value is -3.95. The normalized spacial score (nSPS) is 20.4. The molecule has 6 nitrogen and oxygen atoms in total. The zero-order chi connectivity index (χ0) is 19.6. The Bertz CT molecular complexity index is 1130. The highest BCUT2D eigenvalue weighted by Crippen LogP contribution is 2.48. The van der Waals surface area contributed by atoms with Gasteiger partial charge in [-0.1, -0.05) is 18.2 Å². The van der Waals surface area contributed by atoms with Crippen LogP contribution in [0.3, 0.4) is 0 Å². The molecule has 1 aliphatic rings. The lowest BCUT2D eigenvalue weighted by Crippen LogP contribution is -2.39. The van der Waals surface area contributed by atoms with Crippen molar-refractivity contribution in [2.75, 3.05) is 0 Å². The first-order valence-electron chi connectivity index (χ1n) is 8.97. The van der Waals surface area contributed by atoms with Crippen molar-refractivity contribution in [1.29, 1.82) is 15.8 Å². The molecule has 0 fully saturated rings. The average molecular weight is 364 g/mol. The molecule has 0 saturated heterocycles. The molecule has 0 spiro atoms. The van der Waals surface area contributed by atoms with Crippen LogP contribution in [0.1, 0.15) is 40.2 Å². The summed E-state index contributed by atoms with van der Waals surface area (Å²) in [7, 11) is 0. The SMILES string of the molecule is N#Cc1ccc(C2(C#N)CCc3cc(C#N)ccc3C2Cn2cncn2)cc1. The molecule has 4 rings (SSSR count). The van der Waals surface area contributed by atoms with Crippen molar-refractivity contribution < 1.29 is 0 Å². The van der Waals surface area contributed by atoms with Crippen LogP contribution in [-0.4, -0.2) is 14.8 Å². The summed E-state index contributed by atoms with van der Waals surface area (Å²) >= 11 is 0. The molecule has 2 aromatic carbocycles. The molecule has 2 unspecified atom stereocenters. The molecule has 0 saturated carbocycles. The van der Waals surface area contributed by atoms with E-state index >= 15 is 0 Å². The lowest BCUT2D eigenvalue weighted by atomic mass is 9.61. The Morgan fingerprint density at radius 2 is 1.79 bits per heavy atom. The zero-order valence-electron chi connectivity index (χ0n) is 15.1. The first kappa shape index (κ1) is 17.5. The molecule has 6 heteroatoms. The zero-order valence-corrected chi connectivity index (χ0v) is 15.1. The quantitative estimate of drug-likeness (QED) is 0.710. The van der Waals surface area contributed by atoms with Gasteiger partial charge in [-0.2, -0.15) is 20.9 Å². The van der Waals surface area contributed by atoms with Gasteiger partial charge < -0.3 is 0 Å². The minimum Gasteiger partial charge on any atom is -0.252 e. The van der Waals surface area contributed by atoms with Crippen LogP contribution in [0.2, 0.25) is 0 Å². The second-order valence-corrected chi connectivity index (χ2v) is 6.97. The van der Waals surface area contributed by atoms with E-state index in [2.05, 4.69) is 28.3 Å². The number of hydrogen-bond donors (Lipinski definition) is 0. The van der Waals surface area contributed by atoms with Crippen LogP contribution < -0.4 is 0 Å². The van der Waals surface area contributed by atoms with Gasteiger partial charge >= 0.3 is 0 Å². The van der Waals surface area contributed by atoms with Crippen LogP contribution in [0, 0.1) is 34.0 Å². The molecular weight excluding hydrogens is 348 g/mol. The standard InChI is InChI=1S/C22H16N6/c23-10-16-1-4-19(5-2-16)22(13-25)8-7-18-9-17(11-24)3-6-20(18)21(22)12-28-15-26-14-27-28/h1-6,9,14-15,21H,7-8,12H2. The molecular formula is C22H16N6. The van der Waals surface area contributed by atoms with Crippen LogP contribution in [0.5, 0.6) is 0 Å². The number of hydrogen-bond acceptors (Lipinski definition) is 5. The van der Waals surface area contributed by atoms with Gasteiger partial charge in [0.15, 0.2) is 0 Å². The topological polar surface area (TPSA) is 102 Å². The van der Waals surface area contributed by atoms with E-state index in [1.807, 2.05) is 24.3 Å². The van der Waals surface area contributed by atoms with Gasteiger partial charge in [-0.05, 0) is 53.8 Å². The Kier molecular flexibility index (Phi) is 4.36. The summed E-state index contributed by atoms with van der Waals surface area (Å²) in [6, 6.07) is 19.9. The Morgan fingerprint density at radius 3 is 2.43 bits per heavy atom. The minimum absolute atomic E-state index is 0.149. The van der Waals surface area contributed by atoms with E-state index < -0.39 is 5.41 Å². The molecule has 1 heterocycles. The maximum atomic E-state index is 10.3. The second kappa shape index (κ2) is 6.99. The van der Waals surface area contributed by atoms with Gasteiger partial charge in [0.2, 0.25) is 0 Å². The Labute approximate surface area is 162 Å². The first-order chi connectivity index (χ1) is 13.7. The highest BCUT2D eigenvalue weighted by Gasteiger charge is 2.45. The third-order valence-corrected chi connectivity index (χ3v) is 5.60. The van der Waals surface area contributed by atoms with Crippen molar-refractivity contribution in [3.63, 3.8) is 0 Å². The number of aryl methyl sites for hydroxylation is 1. The summed E-state index contributed by atoms with van der Waals surface area (Å²) in [6.45, 7) is 0.506. The van der Waals surface area contributed by atoms with Gasteiger partial charge in [0, 0.05) is 5.92 Å². The van der Waals surface area contributed by atoms with Gasteiger partial charge in [0.1, 0.15) is 12.7 Å². The molecule has 3 aromatic rings. The monoisotopic (exact) mass is 364 g/mol. The molecule has 1 aliphatic carbocycles. The lowest BCUT2D eigenvalue weighted by Gasteiger charge is -2.40. The van der Waals surface area contributed by atoms with Gasteiger partial charge in [-0.15, -0.1) is 0 Å². The largest absolute Gasteiger partial charge is 0.252 e. The molecule has 1 aromatic heterocycles. The van der Waals surface area contributed by atoms with Crippen molar-refractivity contribution in [1.82, 2.24) is 14.8 Å². The summed E-state index contributed by atoms with van der Waals surface area (Å²) in [6.07, 6.45) is 4.49. The maximum absolute atomic E-state index is 10.3. The summed E-state index contributed by atoms with van der Waals surface area (Å²) < 4.78 is 1.74. The lowest BCUT2D eigenvalue weighted by molar-refractivity contribution is 0.334. The number of fused-ring (bicyclic) bond motifs is 1. The molecule has 0 N–H and O–H groups in total. The van der Waals surface area contributed by atoms with Crippen LogP contribution in [0.25, 0.3) is 0 Å². The molecule has 28 heavy (non-hydrogen) atoms. The summed E-state index contributed by atoms with van der Waals surface area (Å²) in [4.78, 5) is 4.03. The molecule has 0 bridgehead atoms. The van der Waals surface area contributed by atoms with Gasteiger partial charge in [-0.3, -0.25) is 4.68 Å². The highest BCUT2D eigenvalue weighted by molar-refractivity contribution is 5.49. The van der Waals surface area contributed by atoms with Crippen LogP contribution in [-0.2, 0) is 18.4 Å². The van der Waals surface area contributed by atoms with Crippen molar-refractivity contribution in [3.05, 3.63) is 82.9 Å². The van der Waals surface area contributed by atoms with Crippen LogP contribution in [0.15, 0.2) is 55.1 Å². The van der Waals surface area contributed by atoms with Gasteiger partial charge in [-0.25, -0.2) is 4.98 Å². The fourth-order valence-electron chi connectivity index (χ4n) is 4.16. The summed E-state index contributed by atoms with van der Waals surface area (Å²) in [5.74, 6) is -0.149. The fourth-order valence-corrected chi connectivity index (χ4v) is 4.16. The predicted octanol–water partition coefficient (Wildman–Crippen LogP) is 3.21. The van der Waals surface area contributed by atoms with Crippen LogP contribution in [0.4, 0.5) is 0 Å². The van der Waals surface area contributed by atoms with Crippen molar-refractivity contribution in [2.24, 2.45) is 0 Å². The van der Waals surface area contributed by atoms with E-state index in [0.717, 1.165) is 16.7 Å². The van der Waals surface area contributed by atoms with E-state index in [1.54, 1.807) is 29.2 Å². The summed E-state index contributed by atoms with van der Waals surface area (Å²) in [5.41, 5.74) is 3.51. The third-order valence-electron chi connectivity index (χ3n) is 5.60. The van der Waals surface area contributed by atoms with E-state index in [9.17, 15) is 10.5 Å². The maximum Gasteiger partial charge on any atom is 0.137 e. The number of aromatic nitrogens is 3. The Morgan fingerprint density at radius 1 is 1.04 bits per heavy atom. The Balaban J connectivity index is 1.87. The van der Waals surface area contributed by atoms with Crippen molar-refractivity contribution in [2.45, 2.75) is 30.7 Å². The first-order valence-corrected chi connectivity index (χ1v) is 8.97. The minimum atomic E-state index is -0.749. The van der Waals surface area contributed by atoms with Crippen molar-refractivity contribution in [3.8, 4) is 18.2 Å². The third kappa shape index (κ3) is 2.80. The molecule has 0 amide bonds.